The smallest absolute Gasteiger partial charge is 0.216 e. The highest BCUT2D eigenvalue weighted by Crippen LogP contribution is 2.17. The summed E-state index contributed by atoms with van der Waals surface area (Å²) < 4.78 is 5.30. The van der Waals surface area contributed by atoms with Crippen molar-refractivity contribution in [3.05, 3.63) is 46.1 Å². The van der Waals surface area contributed by atoms with Gasteiger partial charge in [-0.2, -0.15) is 5.10 Å². The number of furan rings is 1. The first kappa shape index (κ1) is 18.2. The molecule has 0 fully saturated rings. The number of aromatic nitrogens is 3. The second-order valence-corrected chi connectivity index (χ2v) is 6.93. The van der Waals surface area contributed by atoms with E-state index in [0.29, 0.717) is 24.7 Å². The fourth-order valence-corrected chi connectivity index (χ4v) is 3.30. The maximum atomic E-state index is 5.30. The van der Waals surface area contributed by atoms with E-state index in [1.54, 1.807) is 6.26 Å². The normalized spacial score (nSPS) is 11.7. The Balaban J connectivity index is 1.51. The summed E-state index contributed by atoms with van der Waals surface area (Å²) in [4.78, 5) is 11.8. The zero-order chi connectivity index (χ0) is 18.2. The molecule has 7 nitrogen and oxygen atoms in total. The molecule has 0 aliphatic rings. The van der Waals surface area contributed by atoms with Gasteiger partial charge in [-0.05, 0) is 37.6 Å². The molecule has 0 unspecified atom stereocenters. The lowest BCUT2D eigenvalue weighted by Gasteiger charge is -2.10. The predicted octanol–water partition coefficient (Wildman–Crippen LogP) is 2.99. The van der Waals surface area contributed by atoms with Crippen molar-refractivity contribution in [1.82, 2.24) is 25.8 Å². The number of H-pyrrole nitrogens is 1. The van der Waals surface area contributed by atoms with Crippen LogP contribution in [0.2, 0.25) is 0 Å². The fourth-order valence-electron chi connectivity index (χ4n) is 2.42. The van der Waals surface area contributed by atoms with Gasteiger partial charge in [-0.1, -0.05) is 6.92 Å². The summed E-state index contributed by atoms with van der Waals surface area (Å²) in [5.74, 6) is 2.86. The van der Waals surface area contributed by atoms with Gasteiger partial charge in [-0.25, -0.2) is 9.98 Å². The predicted molar refractivity (Wildman–Crippen MR) is 104 cm³/mol. The maximum Gasteiger partial charge on any atom is 0.216 e. The first-order valence-corrected chi connectivity index (χ1v) is 9.65. The Labute approximate surface area is 157 Å². The number of nitrogens with one attached hydrogen (secondary N) is 3. The molecular weight excluding hydrogens is 348 g/mol. The number of hydrogen-bond acceptors (Lipinski definition) is 5. The summed E-state index contributed by atoms with van der Waals surface area (Å²) in [6.45, 7) is 6.45. The van der Waals surface area contributed by atoms with Gasteiger partial charge in [0.1, 0.15) is 5.82 Å². The maximum absolute atomic E-state index is 5.30. The average Bonchev–Trinajstić information content (AvgIpc) is 3.40. The van der Waals surface area contributed by atoms with Crippen molar-refractivity contribution >= 4 is 17.3 Å². The minimum absolute atomic E-state index is 0.579. The van der Waals surface area contributed by atoms with E-state index in [2.05, 4.69) is 56.8 Å². The molecule has 0 aliphatic carbocycles. The molecule has 0 aliphatic heterocycles. The molecule has 0 saturated carbocycles. The van der Waals surface area contributed by atoms with Crippen LogP contribution in [0.1, 0.15) is 29.4 Å². The van der Waals surface area contributed by atoms with Gasteiger partial charge in [-0.3, -0.25) is 5.10 Å². The molecule has 0 spiro atoms. The zero-order valence-electron chi connectivity index (χ0n) is 15.1. The Kier molecular flexibility index (Phi) is 6.43. The van der Waals surface area contributed by atoms with Crippen molar-refractivity contribution in [2.75, 3.05) is 13.1 Å². The molecular formula is C18H24N6OS. The second-order valence-electron chi connectivity index (χ2n) is 5.68. The van der Waals surface area contributed by atoms with Crippen molar-refractivity contribution in [3.8, 4) is 11.6 Å². The van der Waals surface area contributed by atoms with Gasteiger partial charge in [-0.15, -0.1) is 11.3 Å². The van der Waals surface area contributed by atoms with E-state index in [0.717, 1.165) is 31.2 Å². The van der Waals surface area contributed by atoms with Crippen LogP contribution < -0.4 is 10.6 Å². The molecule has 138 valence electrons. The Morgan fingerprint density at radius 3 is 2.85 bits per heavy atom. The van der Waals surface area contributed by atoms with E-state index in [1.807, 2.05) is 23.5 Å². The number of aliphatic imine (C=N–C) groups is 1. The number of rotatable bonds is 8. The van der Waals surface area contributed by atoms with Crippen molar-refractivity contribution in [2.45, 2.75) is 33.2 Å². The SMILES string of the molecule is CCNC(=NCc1ccc(CC)s1)NCCc1nc(-c2ccco2)n[nH]1. The molecule has 0 amide bonds. The quantitative estimate of drug-likeness (QED) is 0.418. The number of aryl methyl sites for hydroxylation is 1. The van der Waals surface area contributed by atoms with Crippen LogP contribution in [0.4, 0.5) is 0 Å². The van der Waals surface area contributed by atoms with Crippen LogP contribution in [-0.2, 0) is 19.4 Å². The monoisotopic (exact) mass is 372 g/mol. The average molecular weight is 372 g/mol. The van der Waals surface area contributed by atoms with E-state index in [9.17, 15) is 0 Å². The summed E-state index contributed by atoms with van der Waals surface area (Å²) in [7, 11) is 0. The lowest BCUT2D eigenvalue weighted by molar-refractivity contribution is 0.577. The van der Waals surface area contributed by atoms with Crippen LogP contribution in [0.5, 0.6) is 0 Å². The van der Waals surface area contributed by atoms with Crippen LogP contribution >= 0.6 is 11.3 Å². The highest BCUT2D eigenvalue weighted by Gasteiger charge is 2.08. The molecule has 0 aromatic carbocycles. The highest BCUT2D eigenvalue weighted by atomic mass is 32.1. The van der Waals surface area contributed by atoms with Gasteiger partial charge in [0.25, 0.3) is 0 Å². The van der Waals surface area contributed by atoms with Crippen molar-refractivity contribution < 1.29 is 4.42 Å². The van der Waals surface area contributed by atoms with E-state index in [4.69, 9.17) is 4.42 Å². The number of hydrogen-bond donors (Lipinski definition) is 3. The minimum Gasteiger partial charge on any atom is -0.461 e. The van der Waals surface area contributed by atoms with Gasteiger partial charge in [0, 0.05) is 29.3 Å². The summed E-state index contributed by atoms with van der Waals surface area (Å²) in [5.41, 5.74) is 0. The third-order valence-electron chi connectivity index (χ3n) is 3.73. The summed E-state index contributed by atoms with van der Waals surface area (Å²) in [6, 6.07) is 8.00. The number of guanidine groups is 1. The van der Waals surface area contributed by atoms with Crippen molar-refractivity contribution in [3.63, 3.8) is 0 Å². The number of aromatic amines is 1. The molecule has 26 heavy (non-hydrogen) atoms. The van der Waals surface area contributed by atoms with Gasteiger partial charge in [0.15, 0.2) is 11.7 Å². The second kappa shape index (κ2) is 9.19. The standard InChI is InChI=1S/C18H24N6OS/c1-3-13-7-8-14(26-13)12-21-18(19-4-2)20-10-9-16-22-17(24-23-16)15-6-5-11-25-15/h5-8,11H,3-4,9-10,12H2,1-2H3,(H2,19,20,21)(H,22,23,24). The molecule has 3 aromatic heterocycles. The summed E-state index contributed by atoms with van der Waals surface area (Å²) in [6.07, 6.45) is 3.41. The Bertz CT molecular complexity index is 820. The van der Waals surface area contributed by atoms with Crippen LogP contribution in [0, 0.1) is 0 Å². The lowest BCUT2D eigenvalue weighted by Crippen LogP contribution is -2.38. The van der Waals surface area contributed by atoms with Gasteiger partial charge < -0.3 is 15.1 Å². The highest BCUT2D eigenvalue weighted by molar-refractivity contribution is 7.11. The van der Waals surface area contributed by atoms with Crippen molar-refractivity contribution in [2.24, 2.45) is 4.99 Å². The van der Waals surface area contributed by atoms with E-state index in [1.165, 1.54) is 9.75 Å². The summed E-state index contributed by atoms with van der Waals surface area (Å²) in [5, 5.41) is 13.7. The molecule has 8 heteroatoms. The van der Waals surface area contributed by atoms with Gasteiger partial charge in [0.2, 0.25) is 5.82 Å². The molecule has 0 atom stereocenters. The molecule has 3 heterocycles. The Morgan fingerprint density at radius 2 is 2.12 bits per heavy atom. The van der Waals surface area contributed by atoms with Gasteiger partial charge >= 0.3 is 0 Å². The minimum atomic E-state index is 0.579. The molecule has 0 bridgehead atoms. The summed E-state index contributed by atoms with van der Waals surface area (Å²) >= 11 is 1.82. The number of thiophene rings is 1. The van der Waals surface area contributed by atoms with Crippen LogP contribution in [0.3, 0.4) is 0 Å². The van der Waals surface area contributed by atoms with E-state index in [-0.39, 0.29) is 0 Å². The molecule has 3 N–H and O–H groups in total. The number of nitrogens with zero attached hydrogens (tertiary/aromatic N) is 3. The first-order chi connectivity index (χ1) is 12.8. The Morgan fingerprint density at radius 1 is 1.23 bits per heavy atom. The Hall–Kier alpha value is -2.61. The molecule has 0 saturated heterocycles. The third kappa shape index (κ3) is 4.95. The van der Waals surface area contributed by atoms with Crippen molar-refractivity contribution in [1.29, 1.82) is 0 Å². The third-order valence-corrected chi connectivity index (χ3v) is 4.94. The van der Waals surface area contributed by atoms with Crippen LogP contribution in [-0.4, -0.2) is 34.2 Å². The molecule has 0 radical (unpaired) electrons. The molecule has 3 aromatic rings. The lowest BCUT2D eigenvalue weighted by atomic mass is 10.4. The fraction of sp³-hybridized carbons (Fsp3) is 0.389. The topological polar surface area (TPSA) is 91.1 Å². The molecule has 3 rings (SSSR count). The van der Waals surface area contributed by atoms with Crippen LogP contribution in [0.15, 0.2) is 39.9 Å². The zero-order valence-corrected chi connectivity index (χ0v) is 15.9. The largest absolute Gasteiger partial charge is 0.461 e. The van der Waals surface area contributed by atoms with Crippen LogP contribution in [0.25, 0.3) is 11.6 Å². The van der Waals surface area contributed by atoms with E-state index < -0.39 is 0 Å². The first-order valence-electron chi connectivity index (χ1n) is 8.83. The van der Waals surface area contributed by atoms with E-state index >= 15 is 0 Å². The van der Waals surface area contributed by atoms with Gasteiger partial charge in [0.05, 0.1) is 12.8 Å².